The van der Waals surface area contributed by atoms with Gasteiger partial charge in [0, 0.05) is 11.1 Å². The van der Waals surface area contributed by atoms with E-state index in [9.17, 15) is 0 Å². The number of ether oxygens (including phenoxy) is 2. The van der Waals surface area contributed by atoms with E-state index in [4.69, 9.17) is 26.8 Å². The van der Waals surface area contributed by atoms with Crippen LogP contribution < -0.4 is 15.2 Å². The first kappa shape index (κ1) is 15.7. The zero-order valence-corrected chi connectivity index (χ0v) is 13.1. The van der Waals surface area contributed by atoms with Gasteiger partial charge in [0.05, 0.1) is 7.11 Å². The highest BCUT2D eigenvalue weighted by molar-refractivity contribution is 6.30. The lowest BCUT2D eigenvalue weighted by molar-refractivity contribution is 0.284. The van der Waals surface area contributed by atoms with Crippen LogP contribution in [0.3, 0.4) is 0 Å². The minimum atomic E-state index is 0.118. The molecule has 1 atom stereocenters. The molecule has 0 bridgehead atoms. The van der Waals surface area contributed by atoms with Crippen molar-refractivity contribution in [1.29, 1.82) is 0 Å². The smallest absolute Gasteiger partial charge is 0.161 e. The van der Waals surface area contributed by atoms with E-state index in [1.165, 1.54) is 0 Å². The van der Waals surface area contributed by atoms with Crippen molar-refractivity contribution >= 4 is 11.6 Å². The lowest BCUT2D eigenvalue weighted by Gasteiger charge is -2.13. The SMILES string of the molecule is COc1cc(CC(C)N)ccc1OCc1cccc(Cl)c1. The molecule has 112 valence electrons. The van der Waals surface area contributed by atoms with Crippen molar-refractivity contribution in [1.82, 2.24) is 0 Å². The molecule has 2 N–H and O–H groups in total. The predicted molar refractivity (Wildman–Crippen MR) is 86.1 cm³/mol. The molecule has 0 amide bonds. The highest BCUT2D eigenvalue weighted by Crippen LogP contribution is 2.29. The molecule has 3 nitrogen and oxygen atoms in total. The van der Waals surface area contributed by atoms with Gasteiger partial charge in [0.2, 0.25) is 0 Å². The van der Waals surface area contributed by atoms with Crippen molar-refractivity contribution in [2.24, 2.45) is 5.73 Å². The summed E-state index contributed by atoms with van der Waals surface area (Å²) in [5.41, 5.74) is 7.97. The molecule has 21 heavy (non-hydrogen) atoms. The Morgan fingerprint density at radius 2 is 1.90 bits per heavy atom. The fourth-order valence-electron chi connectivity index (χ4n) is 2.12. The van der Waals surface area contributed by atoms with E-state index in [2.05, 4.69) is 0 Å². The standard InChI is InChI=1S/C17H20ClNO2/c1-12(19)8-13-6-7-16(17(10-13)20-2)21-11-14-4-3-5-15(18)9-14/h3-7,9-10,12H,8,11,19H2,1-2H3. The number of benzene rings is 2. The van der Waals surface area contributed by atoms with E-state index in [1.54, 1.807) is 7.11 Å². The largest absolute Gasteiger partial charge is 0.493 e. The van der Waals surface area contributed by atoms with Gasteiger partial charge in [0.1, 0.15) is 6.61 Å². The molecule has 0 aliphatic carbocycles. The van der Waals surface area contributed by atoms with Crippen LogP contribution in [0.4, 0.5) is 0 Å². The Kier molecular flexibility index (Phi) is 5.48. The van der Waals surface area contributed by atoms with Gasteiger partial charge in [0.15, 0.2) is 11.5 Å². The van der Waals surface area contributed by atoms with E-state index in [0.717, 1.165) is 23.3 Å². The summed E-state index contributed by atoms with van der Waals surface area (Å²) >= 11 is 5.96. The summed E-state index contributed by atoms with van der Waals surface area (Å²) in [5.74, 6) is 1.43. The quantitative estimate of drug-likeness (QED) is 0.882. The molecule has 2 rings (SSSR count). The van der Waals surface area contributed by atoms with Gasteiger partial charge in [-0.25, -0.2) is 0 Å². The highest BCUT2D eigenvalue weighted by atomic mass is 35.5. The van der Waals surface area contributed by atoms with E-state index >= 15 is 0 Å². The first-order valence-electron chi connectivity index (χ1n) is 6.88. The van der Waals surface area contributed by atoms with Crippen molar-refractivity contribution in [3.63, 3.8) is 0 Å². The van der Waals surface area contributed by atoms with Crippen LogP contribution in [-0.2, 0) is 13.0 Å². The van der Waals surface area contributed by atoms with Crippen LogP contribution in [0.1, 0.15) is 18.1 Å². The van der Waals surface area contributed by atoms with Crippen molar-refractivity contribution < 1.29 is 9.47 Å². The van der Waals surface area contributed by atoms with E-state index in [0.29, 0.717) is 17.4 Å². The van der Waals surface area contributed by atoms with Crippen molar-refractivity contribution in [3.05, 3.63) is 58.6 Å². The summed E-state index contributed by atoms with van der Waals surface area (Å²) in [7, 11) is 1.64. The van der Waals surface area contributed by atoms with Gasteiger partial charge in [-0.2, -0.15) is 0 Å². The average Bonchev–Trinajstić information content (AvgIpc) is 2.45. The van der Waals surface area contributed by atoms with Crippen LogP contribution in [-0.4, -0.2) is 13.2 Å². The normalized spacial score (nSPS) is 12.0. The zero-order chi connectivity index (χ0) is 15.2. The summed E-state index contributed by atoms with van der Waals surface area (Å²) in [6.07, 6.45) is 0.810. The summed E-state index contributed by atoms with van der Waals surface area (Å²) in [4.78, 5) is 0. The predicted octanol–water partition coefficient (Wildman–Crippen LogP) is 3.82. The molecule has 4 heteroatoms. The first-order chi connectivity index (χ1) is 10.1. The molecule has 0 aromatic heterocycles. The van der Waals surface area contributed by atoms with Gasteiger partial charge < -0.3 is 15.2 Å². The minimum Gasteiger partial charge on any atom is -0.493 e. The lowest BCUT2D eigenvalue weighted by atomic mass is 10.1. The summed E-state index contributed by atoms with van der Waals surface area (Å²) in [6.45, 7) is 2.43. The van der Waals surface area contributed by atoms with Crippen LogP contribution in [0.25, 0.3) is 0 Å². The number of methoxy groups -OCH3 is 1. The maximum Gasteiger partial charge on any atom is 0.161 e. The molecule has 0 aliphatic heterocycles. The van der Waals surface area contributed by atoms with Gasteiger partial charge >= 0.3 is 0 Å². The van der Waals surface area contributed by atoms with Gasteiger partial charge in [0.25, 0.3) is 0 Å². The molecule has 0 heterocycles. The second-order valence-corrected chi connectivity index (χ2v) is 5.52. The Balaban J connectivity index is 2.09. The van der Waals surface area contributed by atoms with Crippen LogP contribution in [0, 0.1) is 0 Å². The van der Waals surface area contributed by atoms with Crippen LogP contribution in [0.15, 0.2) is 42.5 Å². The summed E-state index contributed by atoms with van der Waals surface area (Å²) in [6, 6.07) is 13.6. The van der Waals surface area contributed by atoms with Gasteiger partial charge in [-0.3, -0.25) is 0 Å². The molecule has 2 aromatic carbocycles. The lowest BCUT2D eigenvalue weighted by Crippen LogP contribution is -2.17. The topological polar surface area (TPSA) is 44.5 Å². The second kappa shape index (κ2) is 7.34. The monoisotopic (exact) mass is 305 g/mol. The summed E-state index contributed by atoms with van der Waals surface area (Å²) in [5, 5.41) is 0.704. The Morgan fingerprint density at radius 3 is 2.57 bits per heavy atom. The summed E-state index contributed by atoms with van der Waals surface area (Å²) < 4.78 is 11.2. The van der Waals surface area contributed by atoms with E-state index in [-0.39, 0.29) is 6.04 Å². The Hall–Kier alpha value is -1.71. The van der Waals surface area contributed by atoms with Crippen molar-refractivity contribution in [3.8, 4) is 11.5 Å². The van der Waals surface area contributed by atoms with Crippen LogP contribution in [0.5, 0.6) is 11.5 Å². The van der Waals surface area contributed by atoms with Crippen LogP contribution in [0.2, 0.25) is 5.02 Å². The molecular formula is C17H20ClNO2. The van der Waals surface area contributed by atoms with Crippen molar-refractivity contribution in [2.75, 3.05) is 7.11 Å². The fourth-order valence-corrected chi connectivity index (χ4v) is 2.33. The molecule has 0 radical (unpaired) electrons. The van der Waals surface area contributed by atoms with Crippen molar-refractivity contribution in [2.45, 2.75) is 26.0 Å². The minimum absolute atomic E-state index is 0.118. The maximum absolute atomic E-state index is 5.96. The second-order valence-electron chi connectivity index (χ2n) is 5.09. The average molecular weight is 306 g/mol. The molecule has 0 spiro atoms. The first-order valence-corrected chi connectivity index (χ1v) is 7.26. The van der Waals surface area contributed by atoms with Gasteiger partial charge in [-0.05, 0) is 48.7 Å². The Morgan fingerprint density at radius 1 is 1.10 bits per heavy atom. The number of hydrogen-bond acceptors (Lipinski definition) is 3. The molecule has 1 unspecified atom stereocenters. The Labute approximate surface area is 130 Å². The zero-order valence-electron chi connectivity index (χ0n) is 12.3. The van der Waals surface area contributed by atoms with E-state index < -0.39 is 0 Å². The fraction of sp³-hybridized carbons (Fsp3) is 0.294. The molecule has 0 fully saturated rings. The highest BCUT2D eigenvalue weighted by Gasteiger charge is 2.07. The van der Waals surface area contributed by atoms with E-state index in [1.807, 2.05) is 49.4 Å². The van der Waals surface area contributed by atoms with Gasteiger partial charge in [-0.1, -0.05) is 29.8 Å². The Bertz CT molecular complexity index is 599. The molecule has 0 saturated carbocycles. The number of rotatable bonds is 6. The van der Waals surface area contributed by atoms with Crippen LogP contribution >= 0.6 is 11.6 Å². The maximum atomic E-state index is 5.96. The number of nitrogens with two attached hydrogens (primary N) is 1. The third-order valence-electron chi connectivity index (χ3n) is 3.07. The van der Waals surface area contributed by atoms with Gasteiger partial charge in [-0.15, -0.1) is 0 Å². The molecule has 0 aliphatic rings. The molecule has 0 saturated heterocycles. The molecular weight excluding hydrogens is 286 g/mol. The number of hydrogen-bond donors (Lipinski definition) is 1. The molecule has 2 aromatic rings. The third-order valence-corrected chi connectivity index (χ3v) is 3.30. The third kappa shape index (κ3) is 4.66. The number of halogens is 1.